The number of nitrogens with zero attached hydrogens (tertiary/aromatic N) is 1. The molecule has 1 aromatic heterocycles. The summed E-state index contributed by atoms with van der Waals surface area (Å²) in [6.45, 7) is 7.51. The summed E-state index contributed by atoms with van der Waals surface area (Å²) in [5, 5.41) is 6.67. The maximum absolute atomic E-state index is 5.82. The number of hydrogen-bond acceptors (Lipinski definition) is 6. The third-order valence-electron chi connectivity index (χ3n) is 4.83. The number of hydrogen-bond donors (Lipinski definition) is 1. The maximum Gasteiger partial charge on any atom is 0.161 e. The molecule has 0 amide bonds. The molecule has 29 heavy (non-hydrogen) atoms. The Morgan fingerprint density at radius 2 is 1.72 bits per heavy atom. The van der Waals surface area contributed by atoms with Crippen molar-refractivity contribution in [2.75, 3.05) is 14.2 Å². The van der Waals surface area contributed by atoms with Crippen LogP contribution in [-0.2, 0) is 13.2 Å². The first-order valence-corrected chi connectivity index (χ1v) is 10.5. The largest absolute Gasteiger partial charge is 0.493 e. The molecule has 5 nitrogen and oxygen atoms in total. The third-order valence-corrected chi connectivity index (χ3v) is 5.65. The smallest absolute Gasteiger partial charge is 0.161 e. The highest BCUT2D eigenvalue weighted by molar-refractivity contribution is 7.09. The molecule has 0 aliphatic heterocycles. The number of aryl methyl sites for hydroxylation is 2. The van der Waals surface area contributed by atoms with E-state index in [1.165, 1.54) is 16.7 Å². The molecule has 0 aliphatic rings. The lowest BCUT2D eigenvalue weighted by atomic mass is 10.0. The van der Waals surface area contributed by atoms with Gasteiger partial charge in [0, 0.05) is 18.0 Å². The molecular weight excluding hydrogens is 384 g/mol. The van der Waals surface area contributed by atoms with E-state index in [-0.39, 0.29) is 6.04 Å². The second-order valence-corrected chi connectivity index (χ2v) is 8.02. The standard InChI is InChI=1S/C23H28N2O3S/c1-15-10-22(26-4)23(27-5)11-21(15)16(2)24-12-18-6-8-20(9-7-18)28-13-19-14-29-17(3)25-19/h6-11,14,16,24H,12-13H2,1-5H3. The van der Waals surface area contributed by atoms with Crippen LogP contribution >= 0.6 is 11.3 Å². The van der Waals surface area contributed by atoms with Crippen LogP contribution in [0.4, 0.5) is 0 Å². The van der Waals surface area contributed by atoms with Crippen molar-refractivity contribution in [2.45, 2.75) is 40.0 Å². The van der Waals surface area contributed by atoms with Crippen molar-refractivity contribution in [1.82, 2.24) is 10.3 Å². The Labute approximate surface area is 176 Å². The summed E-state index contributed by atoms with van der Waals surface area (Å²) in [6, 6.07) is 12.4. The predicted octanol–water partition coefficient (Wildman–Crippen LogP) is 5.21. The molecule has 1 N–H and O–H groups in total. The van der Waals surface area contributed by atoms with Crippen LogP contribution in [0.2, 0.25) is 0 Å². The van der Waals surface area contributed by atoms with E-state index < -0.39 is 0 Å². The topological polar surface area (TPSA) is 52.6 Å². The number of nitrogens with one attached hydrogen (secondary N) is 1. The molecule has 0 radical (unpaired) electrons. The van der Waals surface area contributed by atoms with Gasteiger partial charge in [0.25, 0.3) is 0 Å². The Kier molecular flexibility index (Phi) is 7.12. The van der Waals surface area contributed by atoms with Gasteiger partial charge in [-0.05, 0) is 61.7 Å². The summed E-state index contributed by atoms with van der Waals surface area (Å²) in [5.74, 6) is 2.35. The summed E-state index contributed by atoms with van der Waals surface area (Å²) >= 11 is 1.64. The molecule has 0 saturated heterocycles. The maximum atomic E-state index is 5.82. The van der Waals surface area contributed by atoms with Gasteiger partial charge in [0.1, 0.15) is 12.4 Å². The molecule has 1 unspecified atom stereocenters. The van der Waals surface area contributed by atoms with Gasteiger partial charge in [-0.15, -0.1) is 11.3 Å². The zero-order valence-electron chi connectivity index (χ0n) is 17.6. The number of thiazole rings is 1. The van der Waals surface area contributed by atoms with Gasteiger partial charge >= 0.3 is 0 Å². The van der Waals surface area contributed by atoms with Crippen molar-refractivity contribution in [3.8, 4) is 17.2 Å². The summed E-state index contributed by atoms with van der Waals surface area (Å²) in [6.07, 6.45) is 0. The van der Waals surface area contributed by atoms with Crippen LogP contribution in [0.3, 0.4) is 0 Å². The van der Waals surface area contributed by atoms with E-state index in [0.717, 1.165) is 34.5 Å². The molecule has 1 atom stereocenters. The molecule has 3 aromatic rings. The van der Waals surface area contributed by atoms with Crippen molar-refractivity contribution in [1.29, 1.82) is 0 Å². The van der Waals surface area contributed by atoms with Gasteiger partial charge in [-0.25, -0.2) is 4.98 Å². The summed E-state index contributed by atoms with van der Waals surface area (Å²) in [4.78, 5) is 4.42. The lowest BCUT2D eigenvalue weighted by Gasteiger charge is -2.19. The predicted molar refractivity (Wildman–Crippen MR) is 117 cm³/mol. The van der Waals surface area contributed by atoms with Crippen molar-refractivity contribution in [2.24, 2.45) is 0 Å². The molecule has 0 fully saturated rings. The quantitative estimate of drug-likeness (QED) is 0.523. The zero-order chi connectivity index (χ0) is 20.8. The lowest BCUT2D eigenvalue weighted by molar-refractivity contribution is 0.302. The molecule has 2 aromatic carbocycles. The first kappa shape index (κ1) is 21.1. The van der Waals surface area contributed by atoms with E-state index >= 15 is 0 Å². The van der Waals surface area contributed by atoms with Crippen molar-refractivity contribution >= 4 is 11.3 Å². The zero-order valence-corrected chi connectivity index (χ0v) is 18.4. The number of rotatable bonds is 9. The Morgan fingerprint density at radius 3 is 2.34 bits per heavy atom. The molecule has 154 valence electrons. The van der Waals surface area contributed by atoms with Crippen LogP contribution in [0.15, 0.2) is 41.8 Å². The molecule has 0 spiro atoms. The number of benzene rings is 2. The van der Waals surface area contributed by atoms with Crippen molar-refractivity contribution < 1.29 is 14.2 Å². The lowest BCUT2D eigenvalue weighted by Crippen LogP contribution is -2.19. The van der Waals surface area contributed by atoms with E-state index in [4.69, 9.17) is 14.2 Å². The minimum Gasteiger partial charge on any atom is -0.493 e. The minimum absolute atomic E-state index is 0.179. The highest BCUT2D eigenvalue weighted by Gasteiger charge is 2.13. The van der Waals surface area contributed by atoms with Crippen LogP contribution in [-0.4, -0.2) is 19.2 Å². The van der Waals surface area contributed by atoms with Crippen LogP contribution in [0.25, 0.3) is 0 Å². The Morgan fingerprint density at radius 1 is 1.03 bits per heavy atom. The average Bonchev–Trinajstić information content (AvgIpc) is 3.16. The van der Waals surface area contributed by atoms with Gasteiger partial charge in [0.15, 0.2) is 11.5 Å². The fourth-order valence-corrected chi connectivity index (χ4v) is 3.78. The van der Waals surface area contributed by atoms with Crippen LogP contribution in [0.5, 0.6) is 17.2 Å². The van der Waals surface area contributed by atoms with Gasteiger partial charge in [-0.1, -0.05) is 12.1 Å². The van der Waals surface area contributed by atoms with Gasteiger partial charge in [-0.2, -0.15) is 0 Å². The normalized spacial score (nSPS) is 11.9. The van der Waals surface area contributed by atoms with Gasteiger partial charge in [-0.3, -0.25) is 0 Å². The highest BCUT2D eigenvalue weighted by Crippen LogP contribution is 2.33. The number of ether oxygens (including phenoxy) is 3. The Balaban J connectivity index is 1.57. The number of methoxy groups -OCH3 is 2. The van der Waals surface area contributed by atoms with E-state index in [9.17, 15) is 0 Å². The summed E-state index contributed by atoms with van der Waals surface area (Å²) in [7, 11) is 3.32. The number of aromatic nitrogens is 1. The SMILES string of the molecule is COc1cc(C)c(C(C)NCc2ccc(OCc3csc(C)n3)cc2)cc1OC. The molecule has 1 heterocycles. The van der Waals surface area contributed by atoms with Crippen LogP contribution < -0.4 is 19.5 Å². The minimum atomic E-state index is 0.179. The molecular formula is C23H28N2O3S. The molecule has 0 bridgehead atoms. The Hall–Kier alpha value is -2.57. The van der Waals surface area contributed by atoms with Crippen molar-refractivity contribution in [3.63, 3.8) is 0 Å². The second-order valence-electron chi connectivity index (χ2n) is 6.96. The van der Waals surface area contributed by atoms with Crippen LogP contribution in [0.1, 0.15) is 40.4 Å². The molecule has 0 saturated carbocycles. The fourth-order valence-electron chi connectivity index (χ4n) is 3.18. The van der Waals surface area contributed by atoms with Gasteiger partial charge in [0.2, 0.25) is 0 Å². The highest BCUT2D eigenvalue weighted by atomic mass is 32.1. The van der Waals surface area contributed by atoms with Crippen LogP contribution in [0, 0.1) is 13.8 Å². The second kappa shape index (κ2) is 9.76. The van der Waals surface area contributed by atoms with E-state index in [1.807, 2.05) is 36.6 Å². The van der Waals surface area contributed by atoms with Crippen molar-refractivity contribution in [3.05, 3.63) is 69.2 Å². The molecule has 6 heteroatoms. The van der Waals surface area contributed by atoms with Gasteiger partial charge in [0.05, 0.1) is 24.9 Å². The first-order valence-electron chi connectivity index (χ1n) is 9.58. The monoisotopic (exact) mass is 412 g/mol. The molecule has 0 aliphatic carbocycles. The summed E-state index contributed by atoms with van der Waals surface area (Å²) in [5.41, 5.74) is 4.54. The summed E-state index contributed by atoms with van der Waals surface area (Å²) < 4.78 is 16.6. The Bertz CT molecular complexity index is 938. The third kappa shape index (κ3) is 5.49. The fraction of sp³-hybridized carbons (Fsp3) is 0.348. The molecule has 3 rings (SSSR count). The van der Waals surface area contributed by atoms with E-state index in [1.54, 1.807) is 25.6 Å². The average molecular weight is 413 g/mol. The van der Waals surface area contributed by atoms with E-state index in [0.29, 0.717) is 6.61 Å². The first-order chi connectivity index (χ1) is 14.0. The van der Waals surface area contributed by atoms with Gasteiger partial charge < -0.3 is 19.5 Å². The van der Waals surface area contributed by atoms with E-state index in [2.05, 4.69) is 36.3 Å².